The molecule has 2 aromatic rings. The highest BCUT2D eigenvalue weighted by atomic mass is 32.2. The molecule has 0 aliphatic carbocycles. The van der Waals surface area contributed by atoms with Crippen LogP contribution in [0.4, 0.5) is 0 Å². The molecule has 2 rings (SSSR count). The third-order valence-corrected chi connectivity index (χ3v) is 9.97. The van der Waals surface area contributed by atoms with Gasteiger partial charge in [0.25, 0.3) is 10.1 Å². The van der Waals surface area contributed by atoms with Crippen LogP contribution in [0.5, 0.6) is 0 Å². The Hall–Kier alpha value is -1.39. The maximum Gasteiger partial charge on any atom is 0.294 e. The minimum absolute atomic E-state index is 0.0896. The van der Waals surface area contributed by atoms with Gasteiger partial charge >= 0.3 is 0 Å². The predicted octanol–water partition coefficient (Wildman–Crippen LogP) is 12.6. The molecule has 0 amide bonds. The lowest BCUT2D eigenvalue weighted by Crippen LogP contribution is -2.04. The summed E-state index contributed by atoms with van der Waals surface area (Å²) in [5.41, 5.74) is 2.12. The normalized spacial score (nSPS) is 12.0. The third-order valence-electron chi connectivity index (χ3n) is 9.03. The Bertz CT molecular complexity index is 1060. The van der Waals surface area contributed by atoms with E-state index in [0.29, 0.717) is 6.42 Å². The van der Waals surface area contributed by atoms with E-state index in [1.54, 1.807) is 6.07 Å². The summed E-state index contributed by atoms with van der Waals surface area (Å²) in [4.78, 5) is 0.0896. The van der Waals surface area contributed by atoms with Gasteiger partial charge in [-0.15, -0.1) is 0 Å². The SMILES string of the molecule is CCCCCCCCCCCCCCc1ccc2c(CCCCCCCCCCCCCC)c(S(=O)(=O)O)ccc2c1. The Morgan fingerprint density at radius 3 is 1.33 bits per heavy atom. The highest BCUT2D eigenvalue weighted by Gasteiger charge is 2.18. The molecule has 2 aromatic carbocycles. The fourth-order valence-electron chi connectivity index (χ4n) is 6.39. The van der Waals surface area contributed by atoms with Gasteiger partial charge in [-0.25, -0.2) is 0 Å². The molecule has 0 saturated carbocycles. The van der Waals surface area contributed by atoms with E-state index in [1.165, 1.54) is 147 Å². The van der Waals surface area contributed by atoms with Crippen molar-refractivity contribution in [2.45, 2.75) is 186 Å². The van der Waals surface area contributed by atoms with Crippen molar-refractivity contribution in [1.29, 1.82) is 0 Å². The van der Waals surface area contributed by atoms with Crippen molar-refractivity contribution in [3.8, 4) is 0 Å². The second kappa shape index (κ2) is 23.1. The van der Waals surface area contributed by atoms with E-state index in [2.05, 4.69) is 32.0 Å². The summed E-state index contributed by atoms with van der Waals surface area (Å²) >= 11 is 0. The lowest BCUT2D eigenvalue weighted by atomic mass is 9.96. The highest BCUT2D eigenvalue weighted by Crippen LogP contribution is 2.29. The average Bonchev–Trinajstić information content (AvgIpc) is 2.97. The first-order chi connectivity index (χ1) is 20.5. The molecule has 0 saturated heterocycles. The first-order valence-electron chi connectivity index (χ1n) is 18.0. The van der Waals surface area contributed by atoms with E-state index in [-0.39, 0.29) is 4.90 Å². The Kier molecular flexibility index (Phi) is 20.2. The van der Waals surface area contributed by atoms with Gasteiger partial charge in [0.1, 0.15) is 0 Å². The van der Waals surface area contributed by atoms with Gasteiger partial charge in [0.05, 0.1) is 4.90 Å². The van der Waals surface area contributed by atoms with Crippen LogP contribution in [0.1, 0.15) is 179 Å². The zero-order valence-electron chi connectivity index (χ0n) is 27.4. The molecule has 240 valence electrons. The molecule has 0 spiro atoms. The van der Waals surface area contributed by atoms with Crippen molar-refractivity contribution >= 4 is 20.9 Å². The minimum Gasteiger partial charge on any atom is -0.282 e. The predicted molar refractivity (Wildman–Crippen MR) is 183 cm³/mol. The van der Waals surface area contributed by atoms with Crippen LogP contribution in [-0.2, 0) is 23.0 Å². The number of hydrogen-bond donors (Lipinski definition) is 1. The molecule has 0 fully saturated rings. The van der Waals surface area contributed by atoms with E-state index >= 15 is 0 Å². The largest absolute Gasteiger partial charge is 0.294 e. The average molecular weight is 601 g/mol. The summed E-state index contributed by atoms with van der Waals surface area (Å²) in [6, 6.07) is 9.97. The van der Waals surface area contributed by atoms with Gasteiger partial charge in [0, 0.05) is 0 Å². The van der Waals surface area contributed by atoms with Crippen molar-refractivity contribution in [3.63, 3.8) is 0 Å². The van der Waals surface area contributed by atoms with E-state index in [9.17, 15) is 13.0 Å². The number of benzene rings is 2. The van der Waals surface area contributed by atoms with E-state index in [4.69, 9.17) is 0 Å². The van der Waals surface area contributed by atoms with E-state index < -0.39 is 10.1 Å². The van der Waals surface area contributed by atoms with Gasteiger partial charge in [-0.2, -0.15) is 8.42 Å². The minimum atomic E-state index is -4.24. The van der Waals surface area contributed by atoms with Gasteiger partial charge in [0.2, 0.25) is 0 Å². The molecule has 0 aromatic heterocycles. The molecule has 0 heterocycles. The van der Waals surface area contributed by atoms with Crippen molar-refractivity contribution < 1.29 is 13.0 Å². The topological polar surface area (TPSA) is 54.4 Å². The Balaban J connectivity index is 1.73. The number of hydrogen-bond acceptors (Lipinski definition) is 2. The summed E-state index contributed by atoms with van der Waals surface area (Å²) in [5, 5.41) is 2.07. The number of unbranched alkanes of at least 4 members (excludes halogenated alkanes) is 22. The second-order valence-corrected chi connectivity index (χ2v) is 14.2. The monoisotopic (exact) mass is 600 g/mol. The standard InChI is InChI=1S/C38H64O3S/c1-3-5-7-9-11-13-15-17-19-21-23-25-27-34-29-31-36-35(33-34)30-32-38(42(39,40)41)37(36)28-26-24-22-20-18-16-14-12-10-8-6-4-2/h29-33H,3-28H2,1-2H3,(H,39,40,41). The molecule has 4 heteroatoms. The van der Waals surface area contributed by atoms with Crippen LogP contribution in [-0.4, -0.2) is 13.0 Å². The Morgan fingerprint density at radius 2 is 0.905 bits per heavy atom. The lowest BCUT2D eigenvalue weighted by Gasteiger charge is -2.13. The van der Waals surface area contributed by atoms with E-state index in [1.807, 2.05) is 6.07 Å². The van der Waals surface area contributed by atoms with Crippen molar-refractivity contribution in [2.24, 2.45) is 0 Å². The molecule has 0 atom stereocenters. The van der Waals surface area contributed by atoms with Crippen LogP contribution >= 0.6 is 0 Å². The fourth-order valence-corrected chi connectivity index (χ4v) is 7.16. The smallest absolute Gasteiger partial charge is 0.282 e. The zero-order valence-corrected chi connectivity index (χ0v) is 28.3. The summed E-state index contributed by atoms with van der Waals surface area (Å²) in [6.45, 7) is 4.54. The lowest BCUT2D eigenvalue weighted by molar-refractivity contribution is 0.482. The van der Waals surface area contributed by atoms with Gasteiger partial charge in [-0.1, -0.05) is 179 Å². The maximum absolute atomic E-state index is 12.2. The van der Waals surface area contributed by atoms with Crippen molar-refractivity contribution in [3.05, 3.63) is 41.5 Å². The quantitative estimate of drug-likeness (QED) is 0.0819. The molecule has 0 aliphatic rings. The van der Waals surface area contributed by atoms with Crippen LogP contribution in [0.2, 0.25) is 0 Å². The van der Waals surface area contributed by atoms with Crippen LogP contribution < -0.4 is 0 Å². The molecule has 0 aliphatic heterocycles. The third kappa shape index (κ3) is 15.9. The van der Waals surface area contributed by atoms with Gasteiger partial charge in [0.15, 0.2) is 0 Å². The number of rotatable bonds is 27. The first-order valence-corrected chi connectivity index (χ1v) is 19.4. The van der Waals surface area contributed by atoms with Gasteiger partial charge in [-0.05, 0) is 53.6 Å². The molecular weight excluding hydrogens is 536 g/mol. The van der Waals surface area contributed by atoms with Crippen LogP contribution in [0, 0.1) is 0 Å². The van der Waals surface area contributed by atoms with E-state index in [0.717, 1.165) is 35.6 Å². The summed E-state index contributed by atoms with van der Waals surface area (Å²) < 4.78 is 34.3. The molecular formula is C38H64O3S. The number of fused-ring (bicyclic) bond motifs is 1. The van der Waals surface area contributed by atoms with Crippen molar-refractivity contribution in [2.75, 3.05) is 0 Å². The van der Waals surface area contributed by atoms with Crippen LogP contribution in [0.25, 0.3) is 10.8 Å². The number of aryl methyl sites for hydroxylation is 2. The van der Waals surface area contributed by atoms with Gasteiger partial charge in [-0.3, -0.25) is 4.55 Å². The molecule has 0 unspecified atom stereocenters. The van der Waals surface area contributed by atoms with Crippen LogP contribution in [0.3, 0.4) is 0 Å². The summed E-state index contributed by atoms with van der Waals surface area (Å²) in [7, 11) is -4.24. The highest BCUT2D eigenvalue weighted by molar-refractivity contribution is 7.85. The molecule has 42 heavy (non-hydrogen) atoms. The van der Waals surface area contributed by atoms with Crippen LogP contribution in [0.15, 0.2) is 35.2 Å². The fraction of sp³-hybridized carbons (Fsp3) is 0.737. The summed E-state index contributed by atoms with van der Waals surface area (Å²) in [6.07, 6.45) is 33.4. The molecule has 1 N–H and O–H groups in total. The molecule has 0 radical (unpaired) electrons. The first kappa shape index (κ1) is 36.8. The second-order valence-electron chi connectivity index (χ2n) is 12.9. The Morgan fingerprint density at radius 1 is 0.500 bits per heavy atom. The molecule has 0 bridgehead atoms. The Labute approximate surface area is 260 Å². The summed E-state index contributed by atoms with van der Waals surface area (Å²) in [5.74, 6) is 0. The molecule has 3 nitrogen and oxygen atoms in total. The maximum atomic E-state index is 12.2. The van der Waals surface area contributed by atoms with Crippen molar-refractivity contribution in [1.82, 2.24) is 0 Å². The van der Waals surface area contributed by atoms with Gasteiger partial charge < -0.3 is 0 Å². The zero-order chi connectivity index (χ0) is 30.3.